The second-order valence-electron chi connectivity index (χ2n) is 28.8. The molecule has 0 fully saturated rings. The molecule has 6 heteroatoms. The molecule has 0 saturated carbocycles. The van der Waals surface area contributed by atoms with E-state index in [1.54, 1.807) is 0 Å². The highest BCUT2D eigenvalue weighted by atomic mass is 32.1. The molecule has 0 N–H and O–H groups in total. The van der Waals surface area contributed by atoms with Gasteiger partial charge in [-0.3, -0.25) is 9.47 Å². The lowest BCUT2D eigenvalue weighted by Gasteiger charge is -2.43. The number of fused-ring (bicyclic) bond motifs is 11. The van der Waals surface area contributed by atoms with Gasteiger partial charge < -0.3 is 4.90 Å². The Morgan fingerprint density at radius 2 is 0.973 bits per heavy atom. The zero-order chi connectivity index (χ0) is 53.1. The molecule has 6 aromatic carbocycles. The van der Waals surface area contributed by atoms with Crippen molar-refractivity contribution in [3.63, 3.8) is 0 Å². The quantitative estimate of drug-likeness (QED) is 0.165. The van der Waals surface area contributed by atoms with Crippen LogP contribution >= 0.6 is 11.3 Å². The highest BCUT2D eigenvalue weighted by Gasteiger charge is 2.49. The van der Waals surface area contributed by atoms with Gasteiger partial charge in [0.15, 0.2) is 0 Å². The lowest BCUT2D eigenvalue weighted by molar-refractivity contribution is 0.403. The van der Waals surface area contributed by atoms with Crippen LogP contribution in [0.3, 0.4) is 0 Å². The molecule has 0 amide bonds. The summed E-state index contributed by atoms with van der Waals surface area (Å²) < 4.78 is 5.27. The average Bonchev–Trinajstić information content (AvgIpc) is 4.16. The van der Waals surface area contributed by atoms with E-state index in [9.17, 15) is 0 Å². The zero-order valence-corrected chi connectivity index (χ0v) is 48.6. The van der Waals surface area contributed by atoms with Crippen LogP contribution in [0.2, 0.25) is 0 Å². The number of nitrogens with zero attached hydrogens (tertiary/aromatic N) is 4. The van der Waals surface area contributed by atoms with Crippen molar-refractivity contribution in [3.05, 3.63) is 160 Å². The Kier molecular flexibility index (Phi) is 9.90. The van der Waals surface area contributed by atoms with Gasteiger partial charge in [-0.2, -0.15) is 0 Å². The highest BCUT2D eigenvalue weighted by Crippen LogP contribution is 2.56. The van der Waals surface area contributed by atoms with Crippen molar-refractivity contribution in [1.29, 1.82) is 0 Å². The predicted octanol–water partition coefficient (Wildman–Crippen LogP) is 17.3. The molecular weight excluding hydrogens is 928 g/mol. The van der Waals surface area contributed by atoms with Crippen LogP contribution in [-0.2, 0) is 37.9 Å². The predicted molar refractivity (Wildman–Crippen MR) is 325 cm³/mol. The molecule has 0 atom stereocenters. The number of thiophene rings is 1. The van der Waals surface area contributed by atoms with Crippen LogP contribution in [0.15, 0.2) is 121 Å². The third kappa shape index (κ3) is 7.09. The summed E-state index contributed by atoms with van der Waals surface area (Å²) >= 11 is 1.97. The number of pyridine rings is 1. The Labute approximate surface area is 451 Å². The van der Waals surface area contributed by atoms with Crippen molar-refractivity contribution < 1.29 is 0 Å². The third-order valence-corrected chi connectivity index (χ3v) is 19.4. The fraction of sp³-hybridized carbons (Fsp3) is 0.377. The van der Waals surface area contributed by atoms with Crippen LogP contribution in [0.25, 0.3) is 37.7 Å². The van der Waals surface area contributed by atoms with E-state index in [0.29, 0.717) is 0 Å². The Morgan fingerprint density at radius 3 is 1.52 bits per heavy atom. The van der Waals surface area contributed by atoms with Crippen molar-refractivity contribution >= 4 is 99.9 Å². The van der Waals surface area contributed by atoms with E-state index < -0.39 is 0 Å². The first-order valence-corrected chi connectivity index (χ1v) is 28.6. The second-order valence-corrected chi connectivity index (χ2v) is 29.9. The molecule has 0 unspecified atom stereocenters. The van der Waals surface area contributed by atoms with Gasteiger partial charge in [-0.1, -0.05) is 166 Å². The maximum Gasteiger partial charge on any atom is 0.266 e. The van der Waals surface area contributed by atoms with E-state index in [2.05, 4.69) is 253 Å². The summed E-state index contributed by atoms with van der Waals surface area (Å²) in [4.78, 5) is 11.4. The molecule has 4 aliphatic rings. The number of benzene rings is 6. The summed E-state index contributed by atoms with van der Waals surface area (Å²) in [7, 11) is 0. The number of hydrogen-bond acceptors (Lipinski definition) is 4. The molecule has 4 nitrogen and oxygen atoms in total. The molecule has 380 valence electrons. The van der Waals surface area contributed by atoms with E-state index in [1.807, 2.05) is 11.3 Å². The molecule has 75 heavy (non-hydrogen) atoms. The standard InChI is InChI=1S/C69H75BN4S/c1-63(2,3)40-23-27-44(28-24-40)73-53-29-25-42(65(7,8)9)32-52(53)70-59-56(72(43-21-19-18-20-22-43)60-47-31-41(64(4,5)6)26-30-57(47)75-61(60)70)37-58(71-62(59)73)74-54-35-50-48(66(10,11)38-68(50,14)15)33-45(54)46-34-49-51(36-55(46)74)69(16,17)39-67(49,12)13/h18-37H,38-39H2,1-17H3. The molecular formula is C69H75BN4S. The van der Waals surface area contributed by atoms with Gasteiger partial charge in [0.05, 0.1) is 16.7 Å². The van der Waals surface area contributed by atoms with Crippen LogP contribution in [0.5, 0.6) is 0 Å². The molecule has 3 aromatic heterocycles. The van der Waals surface area contributed by atoms with Crippen LogP contribution in [0, 0.1) is 0 Å². The van der Waals surface area contributed by atoms with Gasteiger partial charge in [0, 0.05) is 54.5 Å². The molecule has 2 aliphatic heterocycles. The summed E-state index contributed by atoms with van der Waals surface area (Å²) in [5.41, 5.74) is 20.9. The minimum atomic E-state index is -0.0563. The largest absolute Gasteiger partial charge is 0.310 e. The number of anilines is 6. The van der Waals surface area contributed by atoms with E-state index in [0.717, 1.165) is 35.9 Å². The van der Waals surface area contributed by atoms with Crippen molar-refractivity contribution in [2.75, 3.05) is 9.80 Å². The zero-order valence-electron chi connectivity index (χ0n) is 47.7. The van der Waals surface area contributed by atoms with E-state index in [4.69, 9.17) is 4.98 Å². The lowest BCUT2D eigenvalue weighted by Crippen LogP contribution is -2.61. The first-order chi connectivity index (χ1) is 35.0. The first kappa shape index (κ1) is 48.5. The topological polar surface area (TPSA) is 24.3 Å². The molecule has 13 rings (SSSR count). The van der Waals surface area contributed by atoms with Crippen LogP contribution in [-0.4, -0.2) is 16.3 Å². The van der Waals surface area contributed by atoms with E-state index >= 15 is 0 Å². The molecule has 5 heterocycles. The minimum Gasteiger partial charge on any atom is -0.310 e. The summed E-state index contributed by atoms with van der Waals surface area (Å²) in [6, 6.07) is 48.0. The van der Waals surface area contributed by atoms with Crippen molar-refractivity contribution in [2.24, 2.45) is 0 Å². The van der Waals surface area contributed by atoms with Gasteiger partial charge in [0.1, 0.15) is 11.6 Å². The lowest BCUT2D eigenvalue weighted by atomic mass is 9.36. The van der Waals surface area contributed by atoms with Crippen molar-refractivity contribution in [2.45, 2.75) is 168 Å². The van der Waals surface area contributed by atoms with E-state index in [-0.39, 0.29) is 44.6 Å². The third-order valence-electron chi connectivity index (χ3n) is 18.2. The van der Waals surface area contributed by atoms with Gasteiger partial charge in [0.2, 0.25) is 0 Å². The van der Waals surface area contributed by atoms with Crippen LogP contribution in [0.4, 0.5) is 34.3 Å². The van der Waals surface area contributed by atoms with Gasteiger partial charge in [-0.25, -0.2) is 4.98 Å². The Bertz CT molecular complexity index is 3810. The summed E-state index contributed by atoms with van der Waals surface area (Å²) in [5.74, 6) is 1.93. The van der Waals surface area contributed by atoms with Gasteiger partial charge in [-0.05, 0) is 167 Å². The maximum atomic E-state index is 6.23. The second kappa shape index (κ2) is 15.3. The molecule has 0 spiro atoms. The Hall–Kier alpha value is -6.11. The molecule has 2 aliphatic carbocycles. The molecule has 0 bridgehead atoms. The first-order valence-electron chi connectivity index (χ1n) is 27.7. The monoisotopic (exact) mass is 1000 g/mol. The van der Waals surface area contributed by atoms with Gasteiger partial charge >= 0.3 is 0 Å². The smallest absolute Gasteiger partial charge is 0.266 e. The summed E-state index contributed by atoms with van der Waals surface area (Å²) in [5, 5.41) is 3.95. The summed E-state index contributed by atoms with van der Waals surface area (Å²) in [6.45, 7) is 40.6. The fourth-order valence-electron chi connectivity index (χ4n) is 14.8. The number of aromatic nitrogens is 2. The van der Waals surface area contributed by atoms with Gasteiger partial charge in [0.25, 0.3) is 6.71 Å². The number of hydrogen-bond donors (Lipinski definition) is 0. The summed E-state index contributed by atoms with van der Waals surface area (Å²) in [6.07, 6.45) is 2.22. The van der Waals surface area contributed by atoms with Crippen LogP contribution in [0.1, 0.15) is 169 Å². The maximum absolute atomic E-state index is 6.23. The SMILES string of the molecule is CC(C)(C)c1ccc(N2c3ccc(C(C)(C)C)cc3B3c4sc5ccc(C(C)(C)C)cc5c4N(c4ccccc4)c4cc(-n5c6cc7c(cc6c6cc8c(cc65)C(C)(C)CC8(C)C)C(C)(C)CC7(C)C)nc2c43)cc1. The van der Waals surface area contributed by atoms with E-state index in [1.165, 1.54) is 104 Å². The molecule has 0 radical (unpaired) electrons. The van der Waals surface area contributed by atoms with Gasteiger partial charge in [-0.15, -0.1) is 11.3 Å². The van der Waals surface area contributed by atoms with Crippen molar-refractivity contribution in [3.8, 4) is 5.82 Å². The van der Waals surface area contributed by atoms with Crippen molar-refractivity contribution in [1.82, 2.24) is 9.55 Å². The normalized spacial score (nSPS) is 17.9. The fourth-order valence-corrected chi connectivity index (χ4v) is 16.1. The average molecular weight is 1000 g/mol. The van der Waals surface area contributed by atoms with Crippen LogP contribution < -0.4 is 25.5 Å². The highest BCUT2D eigenvalue weighted by molar-refractivity contribution is 7.33. The molecule has 0 saturated heterocycles. The Morgan fingerprint density at radius 1 is 0.480 bits per heavy atom. The molecule has 9 aromatic rings. The number of rotatable bonds is 3. The minimum absolute atomic E-state index is 0.00738. The number of para-hydroxylation sites is 1. The Balaban J connectivity index is 1.21.